The molecule has 5 rings (SSSR count). The number of rotatable bonds is 0. The van der Waals surface area contributed by atoms with Gasteiger partial charge in [0, 0.05) is 35.3 Å². The lowest BCUT2D eigenvalue weighted by Crippen LogP contribution is -2.15. The largest absolute Gasteiger partial charge is 0.311 e. The Bertz CT molecular complexity index is 843. The summed E-state index contributed by atoms with van der Waals surface area (Å²) < 4.78 is 4.43. The Kier molecular flexibility index (Phi) is 2.68. The third-order valence-corrected chi connectivity index (χ3v) is 5.56. The fraction of sp³-hybridized carbons (Fsp3) is 0.389. The van der Waals surface area contributed by atoms with E-state index >= 15 is 0 Å². The van der Waals surface area contributed by atoms with Gasteiger partial charge in [0.25, 0.3) is 0 Å². The lowest BCUT2D eigenvalue weighted by molar-refractivity contribution is 0.622. The summed E-state index contributed by atoms with van der Waals surface area (Å²) in [5.41, 5.74) is 8.22. The first-order valence-electron chi connectivity index (χ1n) is 8.17. The lowest BCUT2D eigenvalue weighted by Gasteiger charge is -2.22. The van der Waals surface area contributed by atoms with Gasteiger partial charge in [-0.05, 0) is 55.7 Å². The van der Waals surface area contributed by atoms with Crippen LogP contribution in [0.25, 0.3) is 22.3 Å². The van der Waals surface area contributed by atoms with Crippen LogP contribution in [0.1, 0.15) is 43.4 Å². The van der Waals surface area contributed by atoms with E-state index in [1.54, 1.807) is 0 Å². The van der Waals surface area contributed by atoms with E-state index in [0.29, 0.717) is 0 Å². The van der Waals surface area contributed by atoms with Gasteiger partial charge in [-0.1, -0.05) is 6.08 Å². The van der Waals surface area contributed by atoms with E-state index in [2.05, 4.69) is 21.7 Å². The fourth-order valence-electron chi connectivity index (χ4n) is 4.31. The topological polar surface area (TPSA) is 21.1 Å². The molecular formula is C18H18ClN3. The third-order valence-electron chi connectivity index (χ3n) is 5.26. The van der Waals surface area contributed by atoms with Crippen molar-refractivity contribution in [2.45, 2.75) is 38.5 Å². The standard InChI is InChI=1S/C18H18ClN3/c19-21-11-12-4-1-2-6-15(12)22-16-8-9-20-10-14(16)13-5-3-7-17(21)18(13)22/h7-10H,1-6,11H2. The second-order valence-corrected chi connectivity index (χ2v) is 6.87. The maximum Gasteiger partial charge on any atom is 0.0741 e. The molecule has 0 fully saturated rings. The minimum Gasteiger partial charge on any atom is -0.311 e. The summed E-state index contributed by atoms with van der Waals surface area (Å²) >= 11 is 6.67. The van der Waals surface area contributed by atoms with E-state index in [-0.39, 0.29) is 0 Å². The first-order chi connectivity index (χ1) is 10.8. The summed E-state index contributed by atoms with van der Waals surface area (Å²) in [5.74, 6) is 0. The Hall–Kier alpha value is -1.74. The number of aromatic nitrogens is 2. The first-order valence-corrected chi connectivity index (χ1v) is 8.51. The van der Waals surface area contributed by atoms with Crippen LogP contribution in [0.5, 0.6) is 0 Å². The molecule has 2 aromatic rings. The molecule has 0 bridgehead atoms. The Labute approximate surface area is 135 Å². The van der Waals surface area contributed by atoms with Gasteiger partial charge in [0.2, 0.25) is 0 Å². The van der Waals surface area contributed by atoms with Crippen LogP contribution in [0.2, 0.25) is 0 Å². The SMILES string of the molecule is ClN1CC2=C(CCCC2)n2c3c(c4cnccc42)CCC=C31. The zero-order valence-electron chi connectivity index (χ0n) is 12.5. The minimum atomic E-state index is 0.858. The van der Waals surface area contributed by atoms with Crippen LogP contribution in [0.3, 0.4) is 0 Å². The highest BCUT2D eigenvalue weighted by atomic mass is 35.5. The van der Waals surface area contributed by atoms with Gasteiger partial charge in [-0.25, -0.2) is 0 Å². The highest BCUT2D eigenvalue weighted by Crippen LogP contribution is 2.44. The average Bonchev–Trinajstić information content (AvgIpc) is 2.83. The monoisotopic (exact) mass is 311 g/mol. The predicted molar refractivity (Wildman–Crippen MR) is 90.3 cm³/mol. The van der Waals surface area contributed by atoms with Gasteiger partial charge in [0.15, 0.2) is 0 Å². The van der Waals surface area contributed by atoms with E-state index in [0.717, 1.165) is 25.8 Å². The van der Waals surface area contributed by atoms with Gasteiger partial charge in [-0.3, -0.25) is 9.40 Å². The number of hydrogen-bond donors (Lipinski definition) is 0. The third kappa shape index (κ3) is 1.60. The van der Waals surface area contributed by atoms with Gasteiger partial charge in [-0.2, -0.15) is 0 Å². The summed E-state index contributed by atoms with van der Waals surface area (Å²) in [6.07, 6.45) is 13.3. The van der Waals surface area contributed by atoms with Crippen LogP contribution >= 0.6 is 11.8 Å². The van der Waals surface area contributed by atoms with Crippen molar-refractivity contribution < 1.29 is 0 Å². The van der Waals surface area contributed by atoms with Crippen molar-refractivity contribution in [3.05, 3.63) is 41.4 Å². The zero-order valence-corrected chi connectivity index (χ0v) is 13.2. The zero-order chi connectivity index (χ0) is 14.7. The molecule has 4 heteroatoms. The number of allylic oxidation sites excluding steroid dienone is 2. The average molecular weight is 312 g/mol. The smallest absolute Gasteiger partial charge is 0.0741 e. The van der Waals surface area contributed by atoms with Crippen molar-refractivity contribution in [3.8, 4) is 0 Å². The van der Waals surface area contributed by atoms with Crippen LogP contribution in [-0.2, 0) is 6.42 Å². The lowest BCUT2D eigenvalue weighted by atomic mass is 9.96. The Morgan fingerprint density at radius 3 is 3.00 bits per heavy atom. The van der Waals surface area contributed by atoms with E-state index < -0.39 is 0 Å². The number of halogens is 1. The molecule has 0 saturated carbocycles. The highest BCUT2D eigenvalue weighted by Gasteiger charge is 2.31. The van der Waals surface area contributed by atoms with Crippen LogP contribution in [0, 0.1) is 0 Å². The Balaban J connectivity index is 1.93. The molecule has 0 spiro atoms. The molecule has 2 aromatic heterocycles. The molecule has 0 radical (unpaired) electrons. The summed E-state index contributed by atoms with van der Waals surface area (Å²) in [6.45, 7) is 0.858. The molecule has 0 aromatic carbocycles. The van der Waals surface area contributed by atoms with E-state index in [9.17, 15) is 0 Å². The van der Waals surface area contributed by atoms with Crippen molar-refractivity contribution in [1.29, 1.82) is 0 Å². The molecule has 0 N–H and O–H groups in total. The molecule has 3 aliphatic rings. The highest BCUT2D eigenvalue weighted by molar-refractivity contribution is 6.18. The Morgan fingerprint density at radius 2 is 2.05 bits per heavy atom. The number of pyridine rings is 1. The van der Waals surface area contributed by atoms with E-state index in [1.807, 2.05) is 16.8 Å². The van der Waals surface area contributed by atoms with Crippen molar-refractivity contribution in [2.24, 2.45) is 0 Å². The van der Waals surface area contributed by atoms with Gasteiger partial charge in [-0.15, -0.1) is 0 Å². The molecule has 112 valence electrons. The molecule has 0 atom stereocenters. The second kappa shape index (κ2) is 4.63. The van der Waals surface area contributed by atoms with Crippen LogP contribution in [0.4, 0.5) is 0 Å². The van der Waals surface area contributed by atoms with Crippen molar-refractivity contribution >= 4 is 34.1 Å². The normalized spacial score (nSPS) is 20.6. The van der Waals surface area contributed by atoms with Gasteiger partial charge < -0.3 is 4.57 Å². The van der Waals surface area contributed by atoms with E-state index in [1.165, 1.54) is 58.4 Å². The number of fused-ring (bicyclic) bond motifs is 4. The predicted octanol–water partition coefficient (Wildman–Crippen LogP) is 4.58. The summed E-state index contributed by atoms with van der Waals surface area (Å²) in [6, 6.07) is 2.16. The molecule has 0 unspecified atom stereocenters. The number of hydrogen-bond acceptors (Lipinski definition) is 2. The van der Waals surface area contributed by atoms with Crippen LogP contribution in [0.15, 0.2) is 30.1 Å². The second-order valence-electron chi connectivity index (χ2n) is 6.46. The molecule has 2 aliphatic carbocycles. The van der Waals surface area contributed by atoms with Gasteiger partial charge in [0.1, 0.15) is 0 Å². The molecule has 3 nitrogen and oxygen atoms in total. The molecule has 22 heavy (non-hydrogen) atoms. The minimum absolute atomic E-state index is 0.858. The van der Waals surface area contributed by atoms with Gasteiger partial charge >= 0.3 is 0 Å². The Morgan fingerprint density at radius 1 is 1.14 bits per heavy atom. The molecule has 1 aliphatic heterocycles. The van der Waals surface area contributed by atoms with Crippen molar-refractivity contribution in [1.82, 2.24) is 14.0 Å². The number of aryl methyl sites for hydroxylation is 1. The number of nitrogens with zero attached hydrogens (tertiary/aromatic N) is 3. The molecular weight excluding hydrogens is 294 g/mol. The molecule has 3 heterocycles. The summed E-state index contributed by atoms with van der Waals surface area (Å²) in [7, 11) is 0. The van der Waals surface area contributed by atoms with Gasteiger partial charge in [0.05, 0.1) is 23.5 Å². The van der Waals surface area contributed by atoms with Crippen molar-refractivity contribution in [3.63, 3.8) is 0 Å². The quantitative estimate of drug-likeness (QED) is 0.664. The van der Waals surface area contributed by atoms with Crippen LogP contribution in [-0.4, -0.2) is 20.5 Å². The molecule has 0 amide bonds. The maximum atomic E-state index is 6.67. The van der Waals surface area contributed by atoms with E-state index in [4.69, 9.17) is 11.8 Å². The summed E-state index contributed by atoms with van der Waals surface area (Å²) in [4.78, 5) is 4.37. The fourth-order valence-corrected chi connectivity index (χ4v) is 4.60. The summed E-state index contributed by atoms with van der Waals surface area (Å²) in [5, 5.41) is 1.30. The molecule has 0 saturated heterocycles. The van der Waals surface area contributed by atoms with Crippen LogP contribution < -0.4 is 0 Å². The van der Waals surface area contributed by atoms with Crippen molar-refractivity contribution in [2.75, 3.05) is 6.54 Å². The first kappa shape index (κ1) is 12.8. The maximum absolute atomic E-state index is 6.67.